The predicted octanol–water partition coefficient (Wildman–Crippen LogP) is 3.46. The Morgan fingerprint density at radius 2 is 1.82 bits per heavy atom. The lowest BCUT2D eigenvalue weighted by atomic mass is 9.83. The molecule has 0 aromatic heterocycles. The molecule has 0 bridgehead atoms. The number of nitrogens with zero attached hydrogens (tertiary/aromatic N) is 2. The summed E-state index contributed by atoms with van der Waals surface area (Å²) in [5.74, 6) is 0.769. The second-order valence-electron chi connectivity index (χ2n) is 10.4. The summed E-state index contributed by atoms with van der Waals surface area (Å²) < 4.78 is 0. The van der Waals surface area contributed by atoms with Gasteiger partial charge >= 0.3 is 0 Å². The monoisotopic (exact) mass is 470 g/mol. The minimum absolute atomic E-state index is 0.0757. The predicted molar refractivity (Wildman–Crippen MR) is 139 cm³/mol. The third-order valence-electron chi connectivity index (χ3n) is 8.13. The zero-order valence-electron chi connectivity index (χ0n) is 21.8. The first-order chi connectivity index (χ1) is 16.4. The van der Waals surface area contributed by atoms with Crippen LogP contribution in [0.1, 0.15) is 64.9 Å². The molecule has 1 aromatic rings. The third-order valence-corrected chi connectivity index (χ3v) is 8.13. The van der Waals surface area contributed by atoms with Crippen LogP contribution in [0.5, 0.6) is 0 Å². The second-order valence-corrected chi connectivity index (χ2v) is 10.4. The molecule has 190 valence electrons. The molecule has 6 heteroatoms. The van der Waals surface area contributed by atoms with Crippen LogP contribution in [0.15, 0.2) is 30.3 Å². The average Bonchev–Trinajstić information content (AvgIpc) is 3.24. The minimum atomic E-state index is -0.407. The Balaban J connectivity index is 1.70. The van der Waals surface area contributed by atoms with Crippen LogP contribution in [0, 0.1) is 11.8 Å². The van der Waals surface area contributed by atoms with Crippen LogP contribution in [-0.2, 0) is 16.0 Å². The molecule has 0 spiro atoms. The van der Waals surface area contributed by atoms with Crippen LogP contribution in [0.2, 0.25) is 0 Å². The topological polar surface area (TPSA) is 64.7 Å². The fourth-order valence-corrected chi connectivity index (χ4v) is 5.57. The number of carbonyl (C=O) groups excluding carboxylic acids is 2. The number of amides is 2. The molecule has 2 amide bonds. The van der Waals surface area contributed by atoms with Gasteiger partial charge in [0.05, 0.1) is 6.04 Å². The summed E-state index contributed by atoms with van der Waals surface area (Å²) in [6.45, 7) is 10.00. The van der Waals surface area contributed by atoms with E-state index >= 15 is 0 Å². The lowest BCUT2D eigenvalue weighted by Crippen LogP contribution is -2.58. The van der Waals surface area contributed by atoms with E-state index in [2.05, 4.69) is 64.6 Å². The standard InChI is InChI=1S/C28H46N4O2/c1-5-31(18-17-23-12-8-6-9-13-23)20-25-21(2)16-19-32(25)28(34)26(24-14-10-7-11-15-24)30-27(33)22(3)29-4/h6,8-9,12-13,21-22,24-26,29H,5,7,10-11,14-20H2,1-4H3,(H,30,33)/t21-,22+,25-,26+/m1/s1. The van der Waals surface area contributed by atoms with Gasteiger partial charge in [0, 0.05) is 25.7 Å². The van der Waals surface area contributed by atoms with Crippen molar-refractivity contribution in [2.45, 2.75) is 83.8 Å². The highest BCUT2D eigenvalue weighted by molar-refractivity contribution is 5.90. The molecule has 1 saturated carbocycles. The Hall–Kier alpha value is -1.92. The first-order valence-electron chi connectivity index (χ1n) is 13.5. The Morgan fingerprint density at radius 3 is 2.47 bits per heavy atom. The fourth-order valence-electron chi connectivity index (χ4n) is 5.57. The van der Waals surface area contributed by atoms with E-state index in [-0.39, 0.29) is 29.8 Å². The van der Waals surface area contributed by atoms with E-state index in [0.29, 0.717) is 5.92 Å². The van der Waals surface area contributed by atoms with Crippen molar-refractivity contribution in [3.05, 3.63) is 35.9 Å². The Morgan fingerprint density at radius 1 is 1.12 bits per heavy atom. The minimum Gasteiger partial charge on any atom is -0.343 e. The molecule has 1 aliphatic carbocycles. The van der Waals surface area contributed by atoms with E-state index < -0.39 is 6.04 Å². The third kappa shape index (κ3) is 7.05. The van der Waals surface area contributed by atoms with Gasteiger partial charge in [-0.3, -0.25) is 9.59 Å². The maximum atomic E-state index is 14.0. The first kappa shape index (κ1) is 26.7. The highest BCUT2D eigenvalue weighted by Gasteiger charge is 2.41. The van der Waals surface area contributed by atoms with Gasteiger partial charge in [-0.2, -0.15) is 0 Å². The van der Waals surface area contributed by atoms with Crippen LogP contribution in [-0.4, -0.2) is 73.0 Å². The molecular formula is C28H46N4O2. The molecule has 34 heavy (non-hydrogen) atoms. The van der Waals surface area contributed by atoms with Crippen molar-refractivity contribution in [3.8, 4) is 0 Å². The molecule has 1 aromatic carbocycles. The Bertz CT molecular complexity index is 765. The Kier molecular flexibility index (Phi) is 10.4. The van der Waals surface area contributed by atoms with E-state index in [4.69, 9.17) is 0 Å². The number of benzene rings is 1. The fraction of sp³-hybridized carbons (Fsp3) is 0.714. The maximum Gasteiger partial charge on any atom is 0.245 e. The molecule has 1 saturated heterocycles. The SMILES string of the molecule is CCN(CCc1ccccc1)C[C@@H]1[C@H](C)CCN1C(=O)[C@@H](NC(=O)[C@H](C)NC)C1CCCCC1. The van der Waals surface area contributed by atoms with Gasteiger partial charge in [-0.05, 0) is 63.6 Å². The molecule has 6 nitrogen and oxygen atoms in total. The quantitative estimate of drug-likeness (QED) is 0.520. The second kappa shape index (κ2) is 13.2. The molecule has 4 atom stereocenters. The molecule has 2 aliphatic rings. The largest absolute Gasteiger partial charge is 0.343 e. The molecule has 1 aliphatic heterocycles. The van der Waals surface area contributed by atoms with Crippen LogP contribution in [0.25, 0.3) is 0 Å². The van der Waals surface area contributed by atoms with Crippen molar-refractivity contribution in [2.24, 2.45) is 11.8 Å². The number of nitrogens with one attached hydrogen (secondary N) is 2. The van der Waals surface area contributed by atoms with Gasteiger partial charge in [0.2, 0.25) is 11.8 Å². The summed E-state index contributed by atoms with van der Waals surface area (Å²) in [5, 5.41) is 6.17. The maximum absolute atomic E-state index is 14.0. The first-order valence-corrected chi connectivity index (χ1v) is 13.5. The van der Waals surface area contributed by atoms with E-state index in [0.717, 1.165) is 64.7 Å². The van der Waals surface area contributed by atoms with E-state index in [1.165, 1.54) is 12.0 Å². The average molecular weight is 471 g/mol. The molecule has 3 rings (SSSR count). The van der Waals surface area contributed by atoms with Gasteiger partial charge in [0.1, 0.15) is 6.04 Å². The summed E-state index contributed by atoms with van der Waals surface area (Å²) in [4.78, 5) is 31.3. The lowest BCUT2D eigenvalue weighted by Gasteiger charge is -2.37. The van der Waals surface area contributed by atoms with E-state index in [9.17, 15) is 9.59 Å². The highest BCUT2D eigenvalue weighted by atomic mass is 16.2. The van der Waals surface area contributed by atoms with Crippen molar-refractivity contribution in [1.82, 2.24) is 20.4 Å². The van der Waals surface area contributed by atoms with Gasteiger partial charge in [0.25, 0.3) is 0 Å². The number of hydrogen-bond acceptors (Lipinski definition) is 4. The molecular weight excluding hydrogens is 424 g/mol. The van der Waals surface area contributed by atoms with Crippen LogP contribution < -0.4 is 10.6 Å². The Labute approximate surface area is 206 Å². The number of likely N-dealkylation sites (tertiary alicyclic amines) is 1. The van der Waals surface area contributed by atoms with Gasteiger partial charge in [0.15, 0.2) is 0 Å². The summed E-state index contributed by atoms with van der Waals surface area (Å²) in [7, 11) is 1.79. The summed E-state index contributed by atoms with van der Waals surface area (Å²) in [5.41, 5.74) is 1.35. The van der Waals surface area contributed by atoms with Crippen molar-refractivity contribution in [3.63, 3.8) is 0 Å². The summed E-state index contributed by atoms with van der Waals surface area (Å²) in [6.07, 6.45) is 7.63. The lowest BCUT2D eigenvalue weighted by molar-refractivity contribution is -0.140. The zero-order valence-corrected chi connectivity index (χ0v) is 21.8. The van der Waals surface area contributed by atoms with Gasteiger partial charge in [-0.1, -0.05) is 63.4 Å². The highest BCUT2D eigenvalue weighted by Crippen LogP contribution is 2.31. The summed E-state index contributed by atoms with van der Waals surface area (Å²) >= 11 is 0. The van der Waals surface area contributed by atoms with Crippen LogP contribution in [0.3, 0.4) is 0 Å². The van der Waals surface area contributed by atoms with Crippen molar-refractivity contribution >= 4 is 11.8 Å². The van der Waals surface area contributed by atoms with Gasteiger partial charge in [-0.25, -0.2) is 0 Å². The number of carbonyl (C=O) groups is 2. The van der Waals surface area contributed by atoms with E-state index in [1.807, 2.05) is 6.92 Å². The molecule has 1 heterocycles. The van der Waals surface area contributed by atoms with Crippen LogP contribution >= 0.6 is 0 Å². The molecule has 2 fully saturated rings. The van der Waals surface area contributed by atoms with Crippen molar-refractivity contribution < 1.29 is 9.59 Å². The van der Waals surface area contributed by atoms with E-state index in [1.54, 1.807) is 7.05 Å². The number of likely N-dealkylation sites (N-methyl/N-ethyl adjacent to an activating group) is 2. The van der Waals surface area contributed by atoms with Gasteiger partial charge < -0.3 is 20.4 Å². The van der Waals surface area contributed by atoms with Crippen LogP contribution in [0.4, 0.5) is 0 Å². The van der Waals surface area contributed by atoms with Gasteiger partial charge in [-0.15, -0.1) is 0 Å². The smallest absolute Gasteiger partial charge is 0.245 e. The zero-order chi connectivity index (χ0) is 24.5. The number of rotatable bonds is 11. The number of hydrogen-bond donors (Lipinski definition) is 2. The normalized spacial score (nSPS) is 23.1. The summed E-state index contributed by atoms with van der Waals surface area (Å²) in [6, 6.07) is 10.1. The molecule has 0 radical (unpaired) electrons. The van der Waals surface area contributed by atoms with Crippen molar-refractivity contribution in [2.75, 3.05) is 33.2 Å². The molecule has 2 N–H and O–H groups in total. The molecule has 0 unspecified atom stereocenters. The van der Waals surface area contributed by atoms with Crippen molar-refractivity contribution in [1.29, 1.82) is 0 Å².